The number of carbonyl (C=O) groups is 1. The summed E-state index contributed by atoms with van der Waals surface area (Å²) in [5.74, 6) is 0.594. The van der Waals surface area contributed by atoms with Gasteiger partial charge in [0.05, 0.1) is 11.3 Å². The number of hydrogen-bond acceptors (Lipinski definition) is 5. The molecule has 2 aliphatic heterocycles. The van der Waals surface area contributed by atoms with Crippen LogP contribution >= 0.6 is 0 Å². The molecule has 2 N–H and O–H groups in total. The minimum atomic E-state index is -4.47. The summed E-state index contributed by atoms with van der Waals surface area (Å²) in [5, 5.41) is 11.9. The summed E-state index contributed by atoms with van der Waals surface area (Å²) in [6, 6.07) is 11.7. The van der Waals surface area contributed by atoms with Crippen molar-refractivity contribution >= 4 is 11.8 Å². The van der Waals surface area contributed by atoms with Crippen LogP contribution in [0, 0.1) is 0 Å². The summed E-state index contributed by atoms with van der Waals surface area (Å²) in [6.45, 7) is 3.63. The summed E-state index contributed by atoms with van der Waals surface area (Å²) in [6.07, 6.45) is -4.48. The third-order valence-corrected chi connectivity index (χ3v) is 4.87. The topological polar surface area (TPSA) is 66.0 Å². The fraction of sp³-hybridized carbons (Fsp3) is 0.238. The van der Waals surface area contributed by atoms with Crippen molar-refractivity contribution in [1.82, 2.24) is 15.6 Å². The Morgan fingerprint density at radius 1 is 1.20 bits per heavy atom. The van der Waals surface area contributed by atoms with Gasteiger partial charge in [-0.3, -0.25) is 4.79 Å². The van der Waals surface area contributed by atoms with Crippen molar-refractivity contribution in [3.63, 3.8) is 0 Å². The number of alkyl halides is 3. The lowest BCUT2D eigenvalue weighted by Crippen LogP contribution is -2.29. The van der Waals surface area contributed by atoms with Crippen molar-refractivity contribution < 1.29 is 22.7 Å². The summed E-state index contributed by atoms with van der Waals surface area (Å²) in [5.41, 5.74) is 1.15. The van der Waals surface area contributed by atoms with E-state index in [4.69, 9.17) is 4.74 Å². The number of halogens is 3. The van der Waals surface area contributed by atoms with Gasteiger partial charge in [-0.25, -0.2) is 5.01 Å². The van der Waals surface area contributed by atoms with Crippen molar-refractivity contribution in [3.05, 3.63) is 82.4 Å². The second kappa shape index (κ2) is 7.40. The normalized spacial score (nSPS) is 18.0. The zero-order chi connectivity index (χ0) is 21.5. The molecule has 9 heteroatoms. The van der Waals surface area contributed by atoms with E-state index in [1.165, 1.54) is 18.2 Å². The number of hydrazone groups is 1. The Balaban J connectivity index is 1.43. The Morgan fingerprint density at radius 2 is 1.90 bits per heavy atom. The van der Waals surface area contributed by atoms with Crippen LogP contribution < -0.4 is 10.6 Å². The quantitative estimate of drug-likeness (QED) is 0.797. The molecule has 30 heavy (non-hydrogen) atoms. The number of allylic oxidation sites excluding steroid dienone is 1. The first-order valence-corrected chi connectivity index (χ1v) is 9.31. The molecule has 2 heterocycles. The lowest BCUT2D eigenvalue weighted by molar-refractivity contribution is -0.138. The van der Waals surface area contributed by atoms with E-state index in [0.717, 1.165) is 11.8 Å². The van der Waals surface area contributed by atoms with Gasteiger partial charge in [0.25, 0.3) is 5.91 Å². The van der Waals surface area contributed by atoms with Crippen molar-refractivity contribution in [2.75, 3.05) is 0 Å². The monoisotopic (exact) mass is 416 g/mol. The summed E-state index contributed by atoms with van der Waals surface area (Å²) < 4.78 is 45.0. The molecule has 2 aliphatic rings. The molecular weight excluding hydrogens is 397 g/mol. The maximum atomic E-state index is 13.1. The Morgan fingerprint density at radius 3 is 2.57 bits per heavy atom. The molecule has 0 saturated carbocycles. The van der Waals surface area contributed by atoms with Gasteiger partial charge in [-0.1, -0.05) is 18.2 Å². The largest absolute Gasteiger partial charge is 0.417 e. The second-order valence-electron chi connectivity index (χ2n) is 7.02. The highest BCUT2D eigenvalue weighted by Crippen LogP contribution is 2.32. The number of nitrogens with one attached hydrogen (secondary N) is 2. The van der Waals surface area contributed by atoms with Crippen molar-refractivity contribution in [3.8, 4) is 0 Å². The summed E-state index contributed by atoms with van der Waals surface area (Å²) >= 11 is 0. The molecule has 0 aromatic heterocycles. The standard InChI is InChI=1S/C21H19F3N4O2/c1-12-20-28(13(2)26-12)27-19(30-20)15-9-7-14(8-10-15)18(29)25-11-16-5-3-4-6-17(16)21(22,23)24/h3-10,13,26H,11H2,1-2H3,(H,25,29). The number of ether oxygens (including phenoxy) is 1. The van der Waals surface area contributed by atoms with E-state index in [1.54, 1.807) is 29.3 Å². The lowest BCUT2D eigenvalue weighted by Gasteiger charge is -2.13. The number of carbonyl (C=O) groups excluding carboxylic acids is 1. The molecule has 1 amide bonds. The molecule has 0 aliphatic carbocycles. The fourth-order valence-corrected chi connectivity index (χ4v) is 3.36. The Bertz CT molecular complexity index is 1040. The number of benzene rings is 2. The zero-order valence-corrected chi connectivity index (χ0v) is 16.2. The summed E-state index contributed by atoms with van der Waals surface area (Å²) in [4.78, 5) is 12.4. The first kappa shape index (κ1) is 19.8. The Labute approximate surface area is 171 Å². The van der Waals surface area contributed by atoms with E-state index in [2.05, 4.69) is 15.7 Å². The van der Waals surface area contributed by atoms with E-state index in [9.17, 15) is 18.0 Å². The zero-order valence-electron chi connectivity index (χ0n) is 16.2. The van der Waals surface area contributed by atoms with Crippen LogP contribution in [0.2, 0.25) is 0 Å². The maximum absolute atomic E-state index is 13.1. The molecular formula is C21H19F3N4O2. The number of amides is 1. The van der Waals surface area contributed by atoms with Gasteiger partial charge in [-0.15, -0.1) is 5.10 Å². The van der Waals surface area contributed by atoms with E-state index in [1.807, 2.05) is 13.8 Å². The molecule has 0 spiro atoms. The van der Waals surface area contributed by atoms with Crippen LogP contribution in [0.5, 0.6) is 0 Å². The Kier molecular flexibility index (Phi) is 4.89. The first-order chi connectivity index (χ1) is 14.2. The van der Waals surface area contributed by atoms with E-state index < -0.39 is 17.6 Å². The van der Waals surface area contributed by atoms with Crippen LogP contribution in [0.4, 0.5) is 13.2 Å². The molecule has 6 nitrogen and oxygen atoms in total. The molecule has 1 atom stereocenters. The maximum Gasteiger partial charge on any atom is 0.416 e. The average molecular weight is 416 g/mol. The van der Waals surface area contributed by atoms with Crippen LogP contribution in [-0.2, 0) is 17.5 Å². The van der Waals surface area contributed by atoms with E-state index >= 15 is 0 Å². The summed E-state index contributed by atoms with van der Waals surface area (Å²) in [7, 11) is 0. The van der Waals surface area contributed by atoms with Crippen molar-refractivity contribution in [2.45, 2.75) is 32.7 Å². The number of rotatable bonds is 4. The molecule has 0 saturated heterocycles. The van der Waals surface area contributed by atoms with Crippen LogP contribution in [0.25, 0.3) is 0 Å². The Hall–Kier alpha value is -3.49. The predicted molar refractivity (Wildman–Crippen MR) is 104 cm³/mol. The van der Waals surface area contributed by atoms with Gasteiger partial charge in [0.2, 0.25) is 11.8 Å². The highest BCUT2D eigenvalue weighted by molar-refractivity contribution is 5.98. The van der Waals surface area contributed by atoms with Gasteiger partial charge in [-0.05, 0) is 49.7 Å². The van der Waals surface area contributed by atoms with Gasteiger partial charge in [0.1, 0.15) is 6.17 Å². The van der Waals surface area contributed by atoms with E-state index in [0.29, 0.717) is 22.9 Å². The highest BCUT2D eigenvalue weighted by atomic mass is 19.4. The first-order valence-electron chi connectivity index (χ1n) is 9.31. The number of nitrogens with zero attached hydrogens (tertiary/aromatic N) is 2. The molecule has 2 aromatic carbocycles. The molecule has 156 valence electrons. The second-order valence-corrected chi connectivity index (χ2v) is 7.02. The van der Waals surface area contributed by atoms with E-state index in [-0.39, 0.29) is 18.3 Å². The molecule has 0 bridgehead atoms. The molecule has 0 radical (unpaired) electrons. The third-order valence-electron chi connectivity index (χ3n) is 4.87. The number of fused-ring (bicyclic) bond motifs is 1. The average Bonchev–Trinajstić information content (AvgIpc) is 3.27. The van der Waals surface area contributed by atoms with Gasteiger partial charge < -0.3 is 15.4 Å². The highest BCUT2D eigenvalue weighted by Gasteiger charge is 2.35. The smallest absolute Gasteiger partial charge is 0.416 e. The number of hydrogen-bond donors (Lipinski definition) is 2. The SMILES string of the molecule is CC1=C2OC(c3ccc(C(=O)NCc4ccccc4C(F)(F)F)cc3)=NN2C(C)N1. The van der Waals surface area contributed by atoms with Crippen LogP contribution in [-0.4, -0.2) is 23.0 Å². The third kappa shape index (κ3) is 3.70. The van der Waals surface area contributed by atoms with Crippen LogP contribution in [0.15, 0.2) is 65.2 Å². The van der Waals surface area contributed by atoms with Crippen LogP contribution in [0.3, 0.4) is 0 Å². The molecule has 2 aromatic rings. The van der Waals surface area contributed by atoms with Crippen LogP contribution in [0.1, 0.15) is 40.9 Å². The van der Waals surface area contributed by atoms with Gasteiger partial charge >= 0.3 is 6.18 Å². The van der Waals surface area contributed by atoms with Gasteiger partial charge in [0.15, 0.2) is 0 Å². The lowest BCUT2D eigenvalue weighted by atomic mass is 10.1. The fourth-order valence-electron chi connectivity index (χ4n) is 3.36. The molecule has 0 fully saturated rings. The van der Waals surface area contributed by atoms with Crippen molar-refractivity contribution in [2.24, 2.45) is 5.10 Å². The van der Waals surface area contributed by atoms with Gasteiger partial charge in [-0.2, -0.15) is 13.2 Å². The molecule has 1 unspecified atom stereocenters. The van der Waals surface area contributed by atoms with Crippen molar-refractivity contribution in [1.29, 1.82) is 0 Å². The minimum Gasteiger partial charge on any atom is -0.417 e. The molecule has 4 rings (SSSR count). The van der Waals surface area contributed by atoms with Gasteiger partial charge in [0, 0.05) is 17.7 Å². The predicted octanol–water partition coefficient (Wildman–Crippen LogP) is 3.77. The minimum absolute atomic E-state index is 0.00986.